The van der Waals surface area contributed by atoms with Crippen LogP contribution in [-0.4, -0.2) is 69.3 Å². The summed E-state index contributed by atoms with van der Waals surface area (Å²) in [5.41, 5.74) is 6.35. The third-order valence-electron chi connectivity index (χ3n) is 4.30. The van der Waals surface area contributed by atoms with Gasteiger partial charge in [0.25, 0.3) is 5.91 Å². The summed E-state index contributed by atoms with van der Waals surface area (Å²) in [6.45, 7) is 3.19. The van der Waals surface area contributed by atoms with Crippen LogP contribution < -0.4 is 16.4 Å². The van der Waals surface area contributed by atoms with Crippen LogP contribution in [-0.2, 0) is 0 Å². The smallest absolute Gasteiger partial charge is 0.319 e. The molecule has 0 saturated carbocycles. The van der Waals surface area contributed by atoms with Gasteiger partial charge in [-0.2, -0.15) is 4.37 Å². The molecular formula is C17H24N8O2S. The van der Waals surface area contributed by atoms with E-state index >= 15 is 0 Å². The molecule has 0 aromatic carbocycles. The molecule has 0 radical (unpaired) electrons. The third-order valence-corrected chi connectivity index (χ3v) is 5.10. The minimum absolute atomic E-state index is 0.00965. The standard InChI is InChI=1S/C17H24N8O2S/c1-10-7-13(28-23-10)22-16-14(15(18)26)19-8-12(21-16)20-11-5-4-6-25(9-11)17(27)24(2)3/h7-8,11H,4-6,9H2,1-3H3,(H2,18,26)(H2,20,21,22)/t11-/m1/s1. The molecule has 0 bridgehead atoms. The summed E-state index contributed by atoms with van der Waals surface area (Å²) in [6, 6.07) is 1.89. The number of nitrogens with two attached hydrogens (primary N) is 1. The molecule has 0 aliphatic carbocycles. The number of likely N-dealkylation sites (tertiary alicyclic amines) is 1. The molecule has 1 fully saturated rings. The van der Waals surface area contributed by atoms with Gasteiger partial charge in [0, 0.05) is 33.2 Å². The molecule has 3 amide bonds. The Balaban J connectivity index is 1.76. The summed E-state index contributed by atoms with van der Waals surface area (Å²) in [6.07, 6.45) is 3.29. The lowest BCUT2D eigenvalue weighted by atomic mass is 10.1. The molecule has 1 aliphatic heterocycles. The molecule has 150 valence electrons. The number of primary amides is 1. The molecule has 2 aromatic heterocycles. The normalized spacial score (nSPS) is 16.5. The number of hydrogen-bond acceptors (Lipinski definition) is 8. The summed E-state index contributed by atoms with van der Waals surface area (Å²) in [5, 5.41) is 7.12. The number of nitrogens with one attached hydrogen (secondary N) is 2. The number of nitrogens with zero attached hydrogens (tertiary/aromatic N) is 5. The highest BCUT2D eigenvalue weighted by molar-refractivity contribution is 7.10. The third kappa shape index (κ3) is 4.66. The SMILES string of the molecule is Cc1cc(Nc2nc(N[C@@H]3CCCN(C(=O)N(C)C)C3)cnc2C(N)=O)sn1. The van der Waals surface area contributed by atoms with E-state index in [2.05, 4.69) is 25.0 Å². The van der Waals surface area contributed by atoms with Crippen molar-refractivity contribution >= 4 is 40.1 Å². The number of aromatic nitrogens is 3. The van der Waals surface area contributed by atoms with Crippen molar-refractivity contribution in [3.8, 4) is 0 Å². The second-order valence-electron chi connectivity index (χ2n) is 6.88. The molecule has 1 saturated heterocycles. The number of amides is 3. The fraction of sp³-hybridized carbons (Fsp3) is 0.471. The Bertz CT molecular complexity index is 869. The highest BCUT2D eigenvalue weighted by Gasteiger charge is 2.25. The van der Waals surface area contributed by atoms with E-state index in [1.165, 1.54) is 17.7 Å². The van der Waals surface area contributed by atoms with Gasteiger partial charge in [-0.25, -0.2) is 14.8 Å². The van der Waals surface area contributed by atoms with E-state index in [1.54, 1.807) is 19.0 Å². The summed E-state index contributed by atoms with van der Waals surface area (Å²) >= 11 is 1.26. The van der Waals surface area contributed by atoms with Crippen LogP contribution in [0.25, 0.3) is 0 Å². The van der Waals surface area contributed by atoms with Gasteiger partial charge >= 0.3 is 6.03 Å². The maximum Gasteiger partial charge on any atom is 0.319 e. The number of carbonyl (C=O) groups is 2. The summed E-state index contributed by atoms with van der Waals surface area (Å²) < 4.78 is 4.20. The number of piperidine rings is 1. The van der Waals surface area contributed by atoms with Crippen LogP contribution in [0.2, 0.25) is 0 Å². The number of aryl methyl sites for hydroxylation is 1. The average molecular weight is 405 g/mol. The van der Waals surface area contributed by atoms with Gasteiger partial charge in [0.05, 0.1) is 11.9 Å². The molecule has 11 heteroatoms. The van der Waals surface area contributed by atoms with E-state index < -0.39 is 5.91 Å². The molecule has 4 N–H and O–H groups in total. The van der Waals surface area contributed by atoms with Crippen LogP contribution >= 0.6 is 11.5 Å². The van der Waals surface area contributed by atoms with Crippen LogP contribution in [0.15, 0.2) is 12.3 Å². The topological polar surface area (TPSA) is 129 Å². The maximum absolute atomic E-state index is 12.2. The molecule has 1 aliphatic rings. The minimum atomic E-state index is -0.664. The molecule has 28 heavy (non-hydrogen) atoms. The second kappa shape index (κ2) is 8.38. The lowest BCUT2D eigenvalue weighted by Crippen LogP contribution is -2.48. The molecule has 1 atom stereocenters. The largest absolute Gasteiger partial charge is 0.364 e. The molecular weight excluding hydrogens is 380 g/mol. The number of anilines is 3. The van der Waals surface area contributed by atoms with Crippen molar-refractivity contribution < 1.29 is 9.59 Å². The monoisotopic (exact) mass is 404 g/mol. The summed E-state index contributed by atoms with van der Waals surface area (Å²) in [7, 11) is 3.49. The second-order valence-corrected chi connectivity index (χ2v) is 7.69. The zero-order valence-corrected chi connectivity index (χ0v) is 16.9. The van der Waals surface area contributed by atoms with Gasteiger partial charge in [-0.05, 0) is 37.4 Å². The number of urea groups is 1. The lowest BCUT2D eigenvalue weighted by Gasteiger charge is -2.34. The molecule has 10 nitrogen and oxygen atoms in total. The Morgan fingerprint density at radius 1 is 1.39 bits per heavy atom. The van der Waals surface area contributed by atoms with Gasteiger partial charge in [-0.1, -0.05) is 0 Å². The van der Waals surface area contributed by atoms with Crippen molar-refractivity contribution in [2.24, 2.45) is 5.73 Å². The van der Waals surface area contributed by atoms with Crippen LogP contribution in [0.4, 0.5) is 21.4 Å². The highest BCUT2D eigenvalue weighted by atomic mass is 32.1. The van der Waals surface area contributed by atoms with Crippen molar-refractivity contribution in [3.05, 3.63) is 23.7 Å². The summed E-state index contributed by atoms with van der Waals surface area (Å²) in [4.78, 5) is 35.9. The number of hydrogen-bond donors (Lipinski definition) is 3. The van der Waals surface area contributed by atoms with Crippen LogP contribution in [0.3, 0.4) is 0 Å². The molecule has 3 rings (SSSR count). The first-order valence-electron chi connectivity index (χ1n) is 8.93. The van der Waals surface area contributed by atoms with Crippen molar-refractivity contribution in [2.45, 2.75) is 25.8 Å². The van der Waals surface area contributed by atoms with Gasteiger partial charge in [0.15, 0.2) is 11.5 Å². The Morgan fingerprint density at radius 3 is 2.82 bits per heavy atom. The fourth-order valence-electron chi connectivity index (χ4n) is 3.03. The first kappa shape index (κ1) is 19.8. The van der Waals surface area contributed by atoms with Gasteiger partial charge in [-0.3, -0.25) is 4.79 Å². The van der Waals surface area contributed by atoms with Crippen molar-refractivity contribution in [1.82, 2.24) is 24.1 Å². The Morgan fingerprint density at radius 2 is 2.18 bits per heavy atom. The Hall–Kier alpha value is -2.95. The van der Waals surface area contributed by atoms with Gasteiger partial charge in [0.2, 0.25) is 0 Å². The first-order valence-corrected chi connectivity index (χ1v) is 9.70. The molecule has 2 aromatic rings. The van der Waals surface area contributed by atoms with Crippen LogP contribution in [0.5, 0.6) is 0 Å². The molecule has 3 heterocycles. The first-order chi connectivity index (χ1) is 13.3. The quantitative estimate of drug-likeness (QED) is 0.691. The number of rotatable bonds is 5. The van der Waals surface area contributed by atoms with Crippen LogP contribution in [0.1, 0.15) is 29.0 Å². The fourth-order valence-corrected chi connectivity index (χ4v) is 3.69. The number of carbonyl (C=O) groups excluding carboxylic acids is 2. The van der Waals surface area contributed by atoms with Gasteiger partial charge in [-0.15, -0.1) is 0 Å². The van der Waals surface area contributed by atoms with E-state index in [9.17, 15) is 9.59 Å². The van der Waals surface area contributed by atoms with Crippen molar-refractivity contribution in [2.75, 3.05) is 37.8 Å². The van der Waals surface area contributed by atoms with Crippen molar-refractivity contribution in [1.29, 1.82) is 0 Å². The van der Waals surface area contributed by atoms with Gasteiger partial charge in [0.1, 0.15) is 10.8 Å². The Kier molecular flexibility index (Phi) is 5.93. The molecule has 0 unspecified atom stereocenters. The van der Waals surface area contributed by atoms with E-state index in [4.69, 9.17) is 5.73 Å². The zero-order chi connectivity index (χ0) is 20.3. The Labute approximate surface area is 167 Å². The average Bonchev–Trinajstić information content (AvgIpc) is 3.06. The highest BCUT2D eigenvalue weighted by Crippen LogP contribution is 2.24. The zero-order valence-electron chi connectivity index (χ0n) is 16.1. The predicted octanol–water partition coefficient (Wildman–Crippen LogP) is 1.64. The minimum Gasteiger partial charge on any atom is -0.364 e. The maximum atomic E-state index is 12.2. The van der Waals surface area contributed by atoms with Gasteiger partial charge < -0.3 is 26.2 Å². The van der Waals surface area contributed by atoms with E-state index in [0.29, 0.717) is 12.4 Å². The van der Waals surface area contributed by atoms with Crippen molar-refractivity contribution in [3.63, 3.8) is 0 Å². The van der Waals surface area contributed by atoms with E-state index in [-0.39, 0.29) is 23.6 Å². The van der Waals surface area contributed by atoms with E-state index in [0.717, 1.165) is 30.1 Å². The lowest BCUT2D eigenvalue weighted by molar-refractivity contribution is 0.0996. The van der Waals surface area contributed by atoms with Crippen LogP contribution in [0, 0.1) is 6.92 Å². The predicted molar refractivity (Wildman–Crippen MR) is 108 cm³/mol. The van der Waals surface area contributed by atoms with E-state index in [1.807, 2.05) is 17.9 Å². The molecule has 0 spiro atoms. The summed E-state index contributed by atoms with van der Waals surface area (Å²) in [5.74, 6) is 0.124.